The molecule has 0 spiro atoms. The van der Waals surface area contributed by atoms with Crippen LogP contribution in [-0.2, 0) is 9.05 Å². The molecule has 0 radical (unpaired) electrons. The van der Waals surface area contributed by atoms with Crippen LogP contribution in [0.1, 0.15) is 12.0 Å². The molecular formula is C6H3BrClF2NO3S. The van der Waals surface area contributed by atoms with E-state index in [1.807, 2.05) is 0 Å². The number of rotatable bonds is 2. The molecule has 15 heavy (non-hydrogen) atoms. The summed E-state index contributed by atoms with van der Waals surface area (Å²) in [6.07, 6.45) is -2.88. The van der Waals surface area contributed by atoms with Crippen LogP contribution in [0.25, 0.3) is 0 Å². The summed E-state index contributed by atoms with van der Waals surface area (Å²) in [6.45, 7) is 0. The lowest BCUT2D eigenvalue weighted by molar-refractivity contribution is 0.149. The zero-order chi connectivity index (χ0) is 11.8. The number of aromatic nitrogens is 1. The number of alkyl halides is 2. The lowest BCUT2D eigenvalue weighted by atomic mass is 10.3. The number of halogens is 4. The molecule has 0 amide bonds. The fourth-order valence-electron chi connectivity index (χ4n) is 0.812. The average Bonchev–Trinajstić information content (AvgIpc) is 2.06. The van der Waals surface area contributed by atoms with Gasteiger partial charge in [-0.1, -0.05) is 0 Å². The lowest BCUT2D eigenvalue weighted by Gasteiger charge is -2.05. The van der Waals surface area contributed by atoms with Crippen molar-refractivity contribution in [3.05, 3.63) is 16.2 Å². The molecule has 0 aliphatic rings. The molecule has 0 bridgehead atoms. The van der Waals surface area contributed by atoms with Crippen molar-refractivity contribution in [2.24, 2.45) is 0 Å². The molecule has 1 heterocycles. The fraction of sp³-hybridized carbons (Fsp3) is 0.167. The molecule has 0 saturated heterocycles. The lowest BCUT2D eigenvalue weighted by Crippen LogP contribution is -1.99. The molecule has 84 valence electrons. The van der Waals surface area contributed by atoms with Crippen molar-refractivity contribution in [1.29, 1.82) is 0 Å². The van der Waals surface area contributed by atoms with Gasteiger partial charge in [-0.25, -0.2) is 22.2 Å². The number of pyridine rings is 1. The Balaban J connectivity index is 3.46. The van der Waals surface area contributed by atoms with E-state index in [-0.39, 0.29) is 4.60 Å². The predicted molar refractivity (Wildman–Crippen MR) is 51.6 cm³/mol. The molecule has 1 rings (SSSR count). The summed E-state index contributed by atoms with van der Waals surface area (Å²) >= 11 is 2.65. The average molecular weight is 323 g/mol. The molecule has 1 aromatic rings. The zero-order valence-corrected chi connectivity index (χ0v) is 9.94. The van der Waals surface area contributed by atoms with E-state index in [0.717, 1.165) is 0 Å². The minimum absolute atomic E-state index is 0.380. The molecule has 0 fully saturated rings. The van der Waals surface area contributed by atoms with Gasteiger partial charge in [-0.15, -0.1) is 0 Å². The molecule has 0 aliphatic heterocycles. The van der Waals surface area contributed by atoms with Crippen molar-refractivity contribution < 1.29 is 22.3 Å². The Morgan fingerprint density at radius 3 is 2.47 bits per heavy atom. The molecule has 4 nitrogen and oxygen atoms in total. The third kappa shape index (κ3) is 2.76. The summed E-state index contributed by atoms with van der Waals surface area (Å²) < 4.78 is 45.8. The molecular weight excluding hydrogens is 319 g/mol. The van der Waals surface area contributed by atoms with E-state index >= 15 is 0 Å². The minimum atomic E-state index is -4.26. The summed E-state index contributed by atoms with van der Waals surface area (Å²) in [6, 6.07) is 0.594. The first-order valence-electron chi connectivity index (χ1n) is 3.35. The number of nitrogens with zero attached hydrogens (tertiary/aromatic N) is 1. The zero-order valence-electron chi connectivity index (χ0n) is 6.79. The second kappa shape index (κ2) is 4.18. The van der Waals surface area contributed by atoms with Crippen LogP contribution in [0.3, 0.4) is 0 Å². The van der Waals surface area contributed by atoms with E-state index in [9.17, 15) is 17.2 Å². The maximum atomic E-state index is 12.3. The first kappa shape index (κ1) is 12.6. The molecule has 0 aliphatic carbocycles. The van der Waals surface area contributed by atoms with Crippen molar-refractivity contribution >= 4 is 35.7 Å². The summed E-state index contributed by atoms with van der Waals surface area (Å²) in [5.41, 5.74) is -0.614. The van der Waals surface area contributed by atoms with Gasteiger partial charge in [0.2, 0.25) is 5.03 Å². The third-order valence-electron chi connectivity index (χ3n) is 1.42. The number of aromatic hydroxyl groups is 1. The van der Waals surface area contributed by atoms with Crippen LogP contribution in [0.5, 0.6) is 5.75 Å². The monoisotopic (exact) mass is 321 g/mol. The summed E-state index contributed by atoms with van der Waals surface area (Å²) in [7, 11) is 0.647. The molecule has 1 aromatic heterocycles. The van der Waals surface area contributed by atoms with Crippen LogP contribution in [0.15, 0.2) is 15.7 Å². The molecule has 0 atom stereocenters. The molecule has 9 heteroatoms. The summed E-state index contributed by atoms with van der Waals surface area (Å²) in [4.78, 5) is 3.23. The van der Waals surface area contributed by atoms with Crippen LogP contribution >= 0.6 is 26.6 Å². The standard InChI is InChI=1S/C6H3BrClF2NO3S/c7-4-2(5(9)10)1-3(12)6(11-4)15(8,13)14/h1,5,12H. The Bertz CT molecular complexity index is 493. The number of hydrogen-bond acceptors (Lipinski definition) is 4. The largest absolute Gasteiger partial charge is 0.505 e. The van der Waals surface area contributed by atoms with E-state index in [1.54, 1.807) is 0 Å². The van der Waals surface area contributed by atoms with E-state index in [1.165, 1.54) is 0 Å². The van der Waals surface area contributed by atoms with Crippen LogP contribution in [-0.4, -0.2) is 18.5 Å². The van der Waals surface area contributed by atoms with Gasteiger partial charge in [-0.3, -0.25) is 0 Å². The first-order valence-corrected chi connectivity index (χ1v) is 6.46. The van der Waals surface area contributed by atoms with Crippen molar-refractivity contribution in [2.45, 2.75) is 11.5 Å². The topological polar surface area (TPSA) is 67.3 Å². The van der Waals surface area contributed by atoms with Crippen LogP contribution in [0.4, 0.5) is 8.78 Å². The molecule has 0 saturated carbocycles. The maximum absolute atomic E-state index is 12.3. The van der Waals surface area contributed by atoms with Gasteiger partial charge >= 0.3 is 0 Å². The van der Waals surface area contributed by atoms with Gasteiger partial charge in [0.15, 0.2) is 5.75 Å². The van der Waals surface area contributed by atoms with Gasteiger partial charge in [0.05, 0.1) is 5.56 Å². The molecule has 0 aromatic carbocycles. The van der Waals surface area contributed by atoms with E-state index < -0.39 is 31.8 Å². The van der Waals surface area contributed by atoms with Gasteiger partial charge in [0.1, 0.15) is 4.60 Å². The van der Waals surface area contributed by atoms with Gasteiger partial charge in [-0.2, -0.15) is 0 Å². The van der Waals surface area contributed by atoms with E-state index in [2.05, 4.69) is 20.9 Å². The Kier molecular flexibility index (Phi) is 3.51. The Morgan fingerprint density at radius 1 is 1.53 bits per heavy atom. The minimum Gasteiger partial charge on any atom is -0.505 e. The predicted octanol–water partition coefficient (Wildman–Crippen LogP) is 2.41. The van der Waals surface area contributed by atoms with Gasteiger partial charge < -0.3 is 5.11 Å². The SMILES string of the molecule is O=S(=O)(Cl)c1nc(Br)c(C(F)F)cc1O. The summed E-state index contributed by atoms with van der Waals surface area (Å²) in [5, 5.41) is 8.26. The second-order valence-corrected chi connectivity index (χ2v) is 5.66. The highest BCUT2D eigenvalue weighted by Crippen LogP contribution is 2.33. The van der Waals surface area contributed by atoms with Crippen molar-refractivity contribution in [3.8, 4) is 5.75 Å². The van der Waals surface area contributed by atoms with Gasteiger partial charge in [0, 0.05) is 10.7 Å². The normalized spacial score (nSPS) is 12.1. The van der Waals surface area contributed by atoms with Crippen molar-refractivity contribution in [1.82, 2.24) is 4.98 Å². The number of hydrogen-bond donors (Lipinski definition) is 1. The van der Waals surface area contributed by atoms with Crippen molar-refractivity contribution in [2.75, 3.05) is 0 Å². The summed E-state index contributed by atoms with van der Waals surface area (Å²) in [5.74, 6) is -0.913. The maximum Gasteiger partial charge on any atom is 0.282 e. The highest BCUT2D eigenvalue weighted by Gasteiger charge is 2.23. The molecule has 1 N–H and O–H groups in total. The highest BCUT2D eigenvalue weighted by molar-refractivity contribution is 9.10. The van der Waals surface area contributed by atoms with Crippen LogP contribution in [0, 0.1) is 0 Å². The Morgan fingerprint density at radius 2 is 2.07 bits per heavy atom. The highest BCUT2D eigenvalue weighted by atomic mass is 79.9. The second-order valence-electron chi connectivity index (χ2n) is 2.43. The Hall–Kier alpha value is -0.470. The Labute approximate surface area is 96.4 Å². The van der Waals surface area contributed by atoms with Gasteiger partial charge in [-0.05, 0) is 22.0 Å². The van der Waals surface area contributed by atoms with Crippen molar-refractivity contribution in [3.63, 3.8) is 0 Å². The van der Waals surface area contributed by atoms with E-state index in [0.29, 0.717) is 6.07 Å². The third-order valence-corrected chi connectivity index (χ3v) is 3.25. The molecule has 0 unspecified atom stereocenters. The fourth-order valence-corrected chi connectivity index (χ4v) is 2.24. The van der Waals surface area contributed by atoms with Crippen LogP contribution < -0.4 is 0 Å². The van der Waals surface area contributed by atoms with E-state index in [4.69, 9.17) is 15.8 Å². The smallest absolute Gasteiger partial charge is 0.282 e. The van der Waals surface area contributed by atoms with Gasteiger partial charge in [0.25, 0.3) is 15.5 Å². The first-order chi connectivity index (χ1) is 6.73. The quantitative estimate of drug-likeness (QED) is 0.671. The van der Waals surface area contributed by atoms with Crippen LogP contribution in [0.2, 0.25) is 0 Å².